The van der Waals surface area contributed by atoms with E-state index in [2.05, 4.69) is 10.3 Å². The average molecular weight is 209 g/mol. The second kappa shape index (κ2) is 4.84. The lowest BCUT2D eigenvalue weighted by Crippen LogP contribution is -2.24. The molecule has 0 bridgehead atoms. The van der Waals surface area contributed by atoms with Crippen LogP contribution in [0.3, 0.4) is 0 Å². The molecule has 1 aromatic rings. The molecule has 15 heavy (non-hydrogen) atoms. The van der Waals surface area contributed by atoms with Gasteiger partial charge in [-0.2, -0.15) is 0 Å². The van der Waals surface area contributed by atoms with E-state index in [1.165, 1.54) is 6.20 Å². The van der Waals surface area contributed by atoms with E-state index < -0.39 is 4.92 Å². The molecule has 5 heteroatoms. The lowest BCUT2D eigenvalue weighted by molar-refractivity contribution is -0.385. The summed E-state index contributed by atoms with van der Waals surface area (Å²) in [6, 6.07) is 1.88. The average Bonchev–Trinajstić information content (AvgIpc) is 2.20. The number of likely N-dealkylation sites (N-methyl/N-ethyl adjacent to an activating group) is 1. The predicted molar refractivity (Wildman–Crippen MR) is 57.9 cm³/mol. The third-order valence-electron chi connectivity index (χ3n) is 2.38. The van der Waals surface area contributed by atoms with E-state index in [1.807, 2.05) is 20.9 Å². The van der Waals surface area contributed by atoms with Crippen molar-refractivity contribution in [3.8, 4) is 0 Å². The Morgan fingerprint density at radius 2 is 2.33 bits per heavy atom. The van der Waals surface area contributed by atoms with Gasteiger partial charge in [0.1, 0.15) is 6.20 Å². The first-order valence-corrected chi connectivity index (χ1v) is 4.81. The van der Waals surface area contributed by atoms with Crippen molar-refractivity contribution in [3.63, 3.8) is 0 Å². The first-order chi connectivity index (χ1) is 7.04. The molecule has 0 saturated carbocycles. The van der Waals surface area contributed by atoms with Crippen LogP contribution in [0.15, 0.2) is 12.3 Å². The highest BCUT2D eigenvalue weighted by atomic mass is 16.6. The van der Waals surface area contributed by atoms with Gasteiger partial charge in [0, 0.05) is 24.2 Å². The number of pyridine rings is 1. The molecule has 0 fully saturated rings. The van der Waals surface area contributed by atoms with Gasteiger partial charge in [0.25, 0.3) is 5.69 Å². The van der Waals surface area contributed by atoms with Gasteiger partial charge in [-0.05, 0) is 26.5 Å². The maximum Gasteiger partial charge on any atom is 0.287 e. The zero-order chi connectivity index (χ0) is 11.4. The molecule has 1 N–H and O–H groups in total. The van der Waals surface area contributed by atoms with Gasteiger partial charge in [0.15, 0.2) is 0 Å². The van der Waals surface area contributed by atoms with Crippen molar-refractivity contribution < 1.29 is 4.92 Å². The number of nitrogens with one attached hydrogen (secondary N) is 1. The normalized spacial score (nSPS) is 12.5. The Labute approximate surface area is 88.7 Å². The van der Waals surface area contributed by atoms with Gasteiger partial charge in [0.2, 0.25) is 0 Å². The SMILES string of the molecule is CNC(C)Cc1ncc([N+](=O)[O-])cc1C. The maximum absolute atomic E-state index is 10.5. The molecule has 1 atom stereocenters. The zero-order valence-corrected chi connectivity index (χ0v) is 9.15. The minimum Gasteiger partial charge on any atom is -0.317 e. The molecule has 82 valence electrons. The number of nitro groups is 1. The number of hydrogen-bond acceptors (Lipinski definition) is 4. The summed E-state index contributed by atoms with van der Waals surface area (Å²) in [4.78, 5) is 14.2. The van der Waals surface area contributed by atoms with Crippen LogP contribution in [0.5, 0.6) is 0 Å². The molecule has 1 aromatic heterocycles. The van der Waals surface area contributed by atoms with Gasteiger partial charge in [-0.3, -0.25) is 15.1 Å². The summed E-state index contributed by atoms with van der Waals surface area (Å²) in [5.74, 6) is 0. The number of hydrogen-bond donors (Lipinski definition) is 1. The minimum atomic E-state index is -0.425. The Morgan fingerprint density at radius 3 is 2.80 bits per heavy atom. The number of rotatable bonds is 4. The summed E-state index contributed by atoms with van der Waals surface area (Å²) in [6.45, 7) is 3.89. The van der Waals surface area contributed by atoms with Crippen molar-refractivity contribution in [3.05, 3.63) is 33.6 Å². The fourth-order valence-electron chi connectivity index (χ4n) is 1.29. The summed E-state index contributed by atoms with van der Waals surface area (Å²) in [7, 11) is 1.88. The van der Waals surface area contributed by atoms with Gasteiger partial charge in [-0.1, -0.05) is 0 Å². The van der Waals surface area contributed by atoms with E-state index in [4.69, 9.17) is 0 Å². The van der Waals surface area contributed by atoms with Gasteiger partial charge in [0.05, 0.1) is 4.92 Å². The van der Waals surface area contributed by atoms with Gasteiger partial charge in [-0.25, -0.2) is 0 Å². The fourth-order valence-corrected chi connectivity index (χ4v) is 1.29. The maximum atomic E-state index is 10.5. The topological polar surface area (TPSA) is 68.1 Å². The van der Waals surface area contributed by atoms with Crippen LogP contribution in [-0.2, 0) is 6.42 Å². The quantitative estimate of drug-likeness (QED) is 0.602. The Bertz CT molecular complexity index is 366. The van der Waals surface area contributed by atoms with Crippen molar-refractivity contribution in [2.75, 3.05) is 7.05 Å². The molecule has 1 rings (SSSR count). The van der Waals surface area contributed by atoms with E-state index in [0.717, 1.165) is 17.7 Å². The highest BCUT2D eigenvalue weighted by Gasteiger charge is 2.10. The molecule has 1 heterocycles. The first kappa shape index (κ1) is 11.6. The van der Waals surface area contributed by atoms with Crippen molar-refractivity contribution in [1.82, 2.24) is 10.3 Å². The molecule has 0 aliphatic carbocycles. The van der Waals surface area contributed by atoms with E-state index in [0.29, 0.717) is 6.04 Å². The number of aryl methyl sites for hydroxylation is 1. The Hall–Kier alpha value is -1.49. The molecule has 0 aromatic carbocycles. The molecule has 0 aliphatic rings. The molecule has 0 aliphatic heterocycles. The summed E-state index contributed by atoms with van der Waals surface area (Å²) in [5.41, 5.74) is 1.82. The lowest BCUT2D eigenvalue weighted by Gasteiger charge is -2.10. The largest absolute Gasteiger partial charge is 0.317 e. The van der Waals surface area contributed by atoms with Crippen molar-refractivity contribution >= 4 is 5.69 Å². The molecule has 0 amide bonds. The summed E-state index contributed by atoms with van der Waals surface area (Å²) >= 11 is 0. The Balaban J connectivity index is 2.88. The number of nitrogens with zero attached hydrogens (tertiary/aromatic N) is 2. The second-order valence-corrected chi connectivity index (χ2v) is 3.61. The summed E-state index contributed by atoms with van der Waals surface area (Å²) < 4.78 is 0. The van der Waals surface area contributed by atoms with Gasteiger partial charge < -0.3 is 5.32 Å². The van der Waals surface area contributed by atoms with Crippen molar-refractivity contribution in [2.45, 2.75) is 26.3 Å². The van der Waals surface area contributed by atoms with Crippen LogP contribution in [0.1, 0.15) is 18.2 Å². The highest BCUT2D eigenvalue weighted by molar-refractivity contribution is 5.33. The fraction of sp³-hybridized carbons (Fsp3) is 0.500. The van der Waals surface area contributed by atoms with Gasteiger partial charge >= 0.3 is 0 Å². The van der Waals surface area contributed by atoms with Gasteiger partial charge in [-0.15, -0.1) is 0 Å². The Morgan fingerprint density at radius 1 is 1.67 bits per heavy atom. The van der Waals surface area contributed by atoms with E-state index >= 15 is 0 Å². The van der Waals surface area contributed by atoms with Crippen LogP contribution >= 0.6 is 0 Å². The lowest BCUT2D eigenvalue weighted by atomic mass is 10.1. The van der Waals surface area contributed by atoms with Crippen molar-refractivity contribution in [2.24, 2.45) is 0 Å². The molecular weight excluding hydrogens is 194 g/mol. The predicted octanol–water partition coefficient (Wildman–Crippen LogP) is 1.45. The molecule has 5 nitrogen and oxygen atoms in total. The summed E-state index contributed by atoms with van der Waals surface area (Å²) in [6.07, 6.45) is 2.09. The summed E-state index contributed by atoms with van der Waals surface area (Å²) in [5, 5.41) is 13.6. The molecule has 1 unspecified atom stereocenters. The molecular formula is C10H15N3O2. The zero-order valence-electron chi connectivity index (χ0n) is 9.15. The Kier molecular flexibility index (Phi) is 3.74. The minimum absolute atomic E-state index is 0.0494. The van der Waals surface area contributed by atoms with Crippen molar-refractivity contribution in [1.29, 1.82) is 0 Å². The van der Waals surface area contributed by atoms with Crippen LogP contribution < -0.4 is 5.32 Å². The van der Waals surface area contributed by atoms with Crippen LogP contribution in [0.4, 0.5) is 5.69 Å². The van der Waals surface area contributed by atoms with Crippen LogP contribution in [0.25, 0.3) is 0 Å². The van der Waals surface area contributed by atoms with Crippen LogP contribution in [0.2, 0.25) is 0 Å². The smallest absolute Gasteiger partial charge is 0.287 e. The standard InChI is InChI=1S/C10H15N3O2/c1-7-4-9(13(14)15)6-12-10(7)5-8(2)11-3/h4,6,8,11H,5H2,1-3H3. The highest BCUT2D eigenvalue weighted by Crippen LogP contribution is 2.15. The van der Waals surface area contributed by atoms with E-state index in [1.54, 1.807) is 6.07 Å². The van der Waals surface area contributed by atoms with E-state index in [9.17, 15) is 10.1 Å². The number of aromatic nitrogens is 1. The van der Waals surface area contributed by atoms with Crippen LogP contribution in [0, 0.1) is 17.0 Å². The first-order valence-electron chi connectivity index (χ1n) is 4.81. The molecule has 0 spiro atoms. The molecule has 0 radical (unpaired) electrons. The molecule has 0 saturated heterocycles. The van der Waals surface area contributed by atoms with E-state index in [-0.39, 0.29) is 5.69 Å². The second-order valence-electron chi connectivity index (χ2n) is 3.61. The monoisotopic (exact) mass is 209 g/mol. The van der Waals surface area contributed by atoms with Crippen LogP contribution in [-0.4, -0.2) is 23.0 Å². The third kappa shape index (κ3) is 2.99. The third-order valence-corrected chi connectivity index (χ3v) is 2.38.